The minimum absolute atomic E-state index is 0.209. The third kappa shape index (κ3) is 6.08. The molecule has 7 heteroatoms. The Morgan fingerprint density at radius 3 is 2.64 bits per heavy atom. The van der Waals surface area contributed by atoms with Crippen molar-refractivity contribution in [3.05, 3.63) is 82.6 Å². The van der Waals surface area contributed by atoms with Crippen LogP contribution in [0.1, 0.15) is 43.5 Å². The van der Waals surface area contributed by atoms with E-state index in [0.717, 1.165) is 55.0 Å². The predicted molar refractivity (Wildman–Crippen MR) is 144 cm³/mol. The van der Waals surface area contributed by atoms with Crippen molar-refractivity contribution in [1.82, 2.24) is 4.90 Å². The topological polar surface area (TPSA) is 40.2 Å². The Morgan fingerprint density at radius 2 is 1.94 bits per heavy atom. The highest BCUT2D eigenvalue weighted by Crippen LogP contribution is 2.41. The highest BCUT2D eigenvalue weighted by atomic mass is 32.2. The van der Waals surface area contributed by atoms with Gasteiger partial charge in [0.2, 0.25) is 0 Å². The molecular formula is C29H34FNO4S. The van der Waals surface area contributed by atoms with E-state index in [1.54, 1.807) is 13.0 Å². The van der Waals surface area contributed by atoms with Crippen LogP contribution >= 0.6 is 12.0 Å². The van der Waals surface area contributed by atoms with E-state index in [1.165, 1.54) is 23.3 Å². The van der Waals surface area contributed by atoms with Crippen molar-refractivity contribution in [2.24, 2.45) is 0 Å². The number of benzene rings is 2. The molecule has 0 fully saturated rings. The molecule has 4 rings (SSSR count). The van der Waals surface area contributed by atoms with E-state index in [0.29, 0.717) is 36.2 Å². The zero-order valence-electron chi connectivity index (χ0n) is 21.2. The second-order valence-electron chi connectivity index (χ2n) is 8.60. The zero-order valence-corrected chi connectivity index (χ0v) is 22.0. The molecule has 0 amide bonds. The first-order valence-corrected chi connectivity index (χ1v) is 13.2. The first-order chi connectivity index (χ1) is 17.6. The monoisotopic (exact) mass is 511 g/mol. The van der Waals surface area contributed by atoms with Crippen LogP contribution < -0.4 is 18.4 Å². The largest absolute Gasteiger partial charge is 0.490 e. The van der Waals surface area contributed by atoms with Gasteiger partial charge in [-0.3, -0.25) is 4.90 Å². The number of hydrogen-bond donors (Lipinski definition) is 0. The molecule has 0 radical (unpaired) electrons. The fraction of sp³-hybridized carbons (Fsp3) is 0.379. The van der Waals surface area contributed by atoms with Gasteiger partial charge >= 0.3 is 0 Å². The van der Waals surface area contributed by atoms with Crippen LogP contribution in [0, 0.1) is 0 Å². The van der Waals surface area contributed by atoms with Crippen molar-refractivity contribution < 1.29 is 22.8 Å². The molecule has 0 aliphatic carbocycles. The maximum absolute atomic E-state index is 13.7. The third-order valence-corrected chi connectivity index (χ3v) is 7.14. The number of likely N-dealkylation sites (N-methyl/N-ethyl adjacent to an activating group) is 1. The van der Waals surface area contributed by atoms with Gasteiger partial charge < -0.3 is 18.4 Å². The summed E-state index contributed by atoms with van der Waals surface area (Å²) in [6.07, 6.45) is 6.16. The van der Waals surface area contributed by atoms with Crippen LogP contribution in [0.4, 0.5) is 4.39 Å². The summed E-state index contributed by atoms with van der Waals surface area (Å²) in [5.41, 5.74) is 3.74. The summed E-state index contributed by atoms with van der Waals surface area (Å²) in [5, 5.41) is 0. The van der Waals surface area contributed by atoms with Crippen molar-refractivity contribution >= 4 is 12.0 Å². The van der Waals surface area contributed by atoms with E-state index >= 15 is 0 Å². The molecule has 2 aliphatic heterocycles. The van der Waals surface area contributed by atoms with Gasteiger partial charge in [-0.2, -0.15) is 0 Å². The quantitative estimate of drug-likeness (QED) is 0.253. The maximum Gasteiger partial charge on any atom is 0.179 e. The van der Waals surface area contributed by atoms with Gasteiger partial charge in [-0.15, -0.1) is 0 Å². The standard InChI is InChI=1S/C29H34FNO4S/c1-5-22(30)18-23(6-2)36-35-29-16-20(9-10-26(29)32-8-4)15-25-24-19-28-27(33-13-14-34-28)17-21(24)11-12-31(25)7-3/h5-6,9-10,16-19,25H,2,7-8,11-15H2,1,3-4H3/b22-5+,23-18+. The van der Waals surface area contributed by atoms with Gasteiger partial charge in [-0.25, -0.2) is 4.39 Å². The Kier molecular flexibility index (Phi) is 8.99. The van der Waals surface area contributed by atoms with Crippen molar-refractivity contribution in [2.75, 3.05) is 32.9 Å². The van der Waals surface area contributed by atoms with Gasteiger partial charge in [0.1, 0.15) is 19.0 Å². The maximum atomic E-state index is 13.7. The number of ether oxygens (including phenoxy) is 3. The molecule has 0 bridgehead atoms. The molecule has 2 aromatic carbocycles. The number of fused-ring (bicyclic) bond motifs is 2. The molecule has 1 unspecified atom stereocenters. The van der Waals surface area contributed by atoms with Gasteiger partial charge in [-0.05, 0) is 80.3 Å². The molecule has 0 saturated carbocycles. The molecule has 2 aromatic rings. The van der Waals surface area contributed by atoms with E-state index in [-0.39, 0.29) is 11.9 Å². The van der Waals surface area contributed by atoms with Crippen molar-refractivity contribution in [3.63, 3.8) is 0 Å². The van der Waals surface area contributed by atoms with Gasteiger partial charge in [0.25, 0.3) is 0 Å². The van der Waals surface area contributed by atoms with Gasteiger partial charge in [0, 0.05) is 12.6 Å². The second kappa shape index (κ2) is 12.4. The lowest BCUT2D eigenvalue weighted by atomic mass is 9.88. The van der Waals surface area contributed by atoms with E-state index in [4.69, 9.17) is 18.4 Å². The fourth-order valence-electron chi connectivity index (χ4n) is 4.58. The lowest BCUT2D eigenvalue weighted by Gasteiger charge is -2.37. The molecule has 2 aliphatic rings. The first kappa shape index (κ1) is 26.2. The van der Waals surface area contributed by atoms with Crippen LogP contribution in [0.25, 0.3) is 0 Å². The third-order valence-electron chi connectivity index (χ3n) is 6.40. The van der Waals surface area contributed by atoms with Crippen LogP contribution in [0.3, 0.4) is 0 Å². The summed E-state index contributed by atoms with van der Waals surface area (Å²) in [6, 6.07) is 10.6. The van der Waals surface area contributed by atoms with Crippen molar-refractivity contribution in [1.29, 1.82) is 0 Å². The molecular weight excluding hydrogens is 477 g/mol. The average Bonchev–Trinajstić information content (AvgIpc) is 2.91. The molecule has 0 spiro atoms. The highest BCUT2D eigenvalue weighted by Gasteiger charge is 2.29. The average molecular weight is 512 g/mol. The minimum atomic E-state index is -0.341. The van der Waals surface area contributed by atoms with Crippen LogP contribution in [0.2, 0.25) is 0 Å². The van der Waals surface area contributed by atoms with Gasteiger partial charge in [0.05, 0.1) is 23.6 Å². The lowest BCUT2D eigenvalue weighted by molar-refractivity contribution is 0.166. The normalized spacial score (nSPS) is 17.9. The number of hydrogen-bond acceptors (Lipinski definition) is 6. The molecule has 0 N–H and O–H groups in total. The lowest BCUT2D eigenvalue weighted by Crippen LogP contribution is -2.36. The van der Waals surface area contributed by atoms with Crippen LogP contribution in [-0.2, 0) is 12.8 Å². The first-order valence-electron chi connectivity index (χ1n) is 12.5. The number of allylic oxidation sites excluding steroid dienone is 4. The number of nitrogens with zero attached hydrogens (tertiary/aromatic N) is 1. The Bertz CT molecular complexity index is 1150. The molecule has 192 valence electrons. The molecule has 36 heavy (non-hydrogen) atoms. The molecule has 1 atom stereocenters. The highest BCUT2D eigenvalue weighted by molar-refractivity contribution is 7.99. The van der Waals surface area contributed by atoms with E-state index in [2.05, 4.69) is 36.6 Å². The predicted octanol–water partition coefficient (Wildman–Crippen LogP) is 6.99. The minimum Gasteiger partial charge on any atom is -0.490 e. The summed E-state index contributed by atoms with van der Waals surface area (Å²) >= 11 is 1.06. The van der Waals surface area contributed by atoms with E-state index < -0.39 is 0 Å². The van der Waals surface area contributed by atoms with Crippen LogP contribution in [0.15, 0.2) is 65.9 Å². The molecule has 2 heterocycles. The van der Waals surface area contributed by atoms with Gasteiger partial charge in [-0.1, -0.05) is 31.7 Å². The smallest absolute Gasteiger partial charge is 0.179 e. The number of rotatable bonds is 10. The summed E-state index contributed by atoms with van der Waals surface area (Å²) in [7, 11) is 0. The Morgan fingerprint density at radius 1 is 1.17 bits per heavy atom. The molecule has 0 saturated heterocycles. The summed E-state index contributed by atoms with van der Waals surface area (Å²) in [4.78, 5) is 3.08. The fourth-order valence-corrected chi connectivity index (χ4v) is 5.12. The summed E-state index contributed by atoms with van der Waals surface area (Å²) in [6.45, 7) is 13.2. The number of halogens is 1. The summed E-state index contributed by atoms with van der Waals surface area (Å²) < 4.78 is 37.3. The Balaban J connectivity index is 1.61. The van der Waals surface area contributed by atoms with Crippen molar-refractivity contribution in [2.45, 2.75) is 39.7 Å². The molecule has 0 aromatic heterocycles. The SMILES string of the molecule is C=C/C(=C\C(F)=C/C)SOc1cc(CC2c3cc4c(cc3CCN2CC)OCCO4)ccc1OCC. The Hall–Kier alpha value is -2.90. The Labute approximate surface area is 217 Å². The van der Waals surface area contributed by atoms with E-state index in [9.17, 15) is 4.39 Å². The zero-order chi connectivity index (χ0) is 25.5. The summed E-state index contributed by atoms with van der Waals surface area (Å²) in [5.74, 6) is 2.59. The van der Waals surface area contributed by atoms with E-state index in [1.807, 2.05) is 19.1 Å². The van der Waals surface area contributed by atoms with Gasteiger partial charge in [0.15, 0.2) is 23.0 Å². The second-order valence-corrected chi connectivity index (χ2v) is 9.40. The van der Waals surface area contributed by atoms with Crippen LogP contribution in [0.5, 0.6) is 23.0 Å². The molecule has 5 nitrogen and oxygen atoms in total. The van der Waals surface area contributed by atoms with Crippen molar-refractivity contribution in [3.8, 4) is 23.0 Å². The van der Waals surface area contributed by atoms with Crippen LogP contribution in [-0.4, -0.2) is 37.8 Å².